The smallest absolute Gasteiger partial charge is 0.126 e. The van der Waals surface area contributed by atoms with Crippen LogP contribution in [0.1, 0.15) is 35.6 Å². The van der Waals surface area contributed by atoms with Gasteiger partial charge in [0.1, 0.15) is 11.6 Å². The van der Waals surface area contributed by atoms with Crippen molar-refractivity contribution in [3.8, 4) is 11.4 Å². The van der Waals surface area contributed by atoms with Gasteiger partial charge < -0.3 is 14.4 Å². The third-order valence-corrected chi connectivity index (χ3v) is 5.26. The molecule has 130 valence electrons. The molecule has 0 atom stereocenters. The molecule has 0 bridgehead atoms. The van der Waals surface area contributed by atoms with E-state index < -0.39 is 0 Å². The SMILES string of the molecule is Cc1cc(-n2c(C3CCOCC3)c(C)c3cc(O)ccc32)ccc1F. The first kappa shape index (κ1) is 16.2. The molecule has 4 heteroatoms. The standard InChI is InChI=1S/C21H22FNO2/c1-13-11-16(3-5-19(13)22)23-20-6-4-17(24)12-18(20)14(2)21(23)15-7-9-25-10-8-15/h3-6,11-12,15,24H,7-10H2,1-2H3. The van der Waals surface area contributed by atoms with Gasteiger partial charge in [-0.05, 0) is 74.2 Å². The van der Waals surface area contributed by atoms with Crippen LogP contribution in [0.2, 0.25) is 0 Å². The highest BCUT2D eigenvalue weighted by molar-refractivity contribution is 5.88. The average molecular weight is 339 g/mol. The number of hydrogen-bond donors (Lipinski definition) is 1. The third kappa shape index (κ3) is 2.71. The monoisotopic (exact) mass is 339 g/mol. The maximum absolute atomic E-state index is 13.8. The Kier molecular flexibility index (Phi) is 4.00. The van der Waals surface area contributed by atoms with Crippen molar-refractivity contribution in [2.75, 3.05) is 13.2 Å². The van der Waals surface area contributed by atoms with E-state index in [9.17, 15) is 9.50 Å². The summed E-state index contributed by atoms with van der Waals surface area (Å²) >= 11 is 0. The van der Waals surface area contributed by atoms with Crippen molar-refractivity contribution in [2.45, 2.75) is 32.6 Å². The summed E-state index contributed by atoms with van der Waals surface area (Å²) in [5, 5.41) is 11.0. The van der Waals surface area contributed by atoms with Gasteiger partial charge >= 0.3 is 0 Å². The highest BCUT2D eigenvalue weighted by atomic mass is 19.1. The number of hydrogen-bond acceptors (Lipinski definition) is 2. The van der Waals surface area contributed by atoms with Gasteiger partial charge in [0, 0.05) is 35.9 Å². The number of phenolic OH excluding ortho intramolecular Hbond substituents is 1. The van der Waals surface area contributed by atoms with Crippen molar-refractivity contribution in [1.29, 1.82) is 0 Å². The molecule has 1 N–H and O–H groups in total. The summed E-state index contributed by atoms with van der Waals surface area (Å²) in [5.41, 5.74) is 5.07. The second-order valence-electron chi connectivity index (χ2n) is 6.87. The Morgan fingerprint density at radius 1 is 1.08 bits per heavy atom. The fourth-order valence-corrected chi connectivity index (χ4v) is 3.96. The summed E-state index contributed by atoms with van der Waals surface area (Å²) in [6, 6.07) is 10.7. The van der Waals surface area contributed by atoms with E-state index in [0.717, 1.165) is 42.6 Å². The molecule has 3 aromatic rings. The number of rotatable bonds is 2. The minimum absolute atomic E-state index is 0.192. The molecule has 0 spiro atoms. The molecule has 1 aliphatic heterocycles. The summed E-state index contributed by atoms with van der Waals surface area (Å²) in [4.78, 5) is 0. The van der Waals surface area contributed by atoms with E-state index in [2.05, 4.69) is 11.5 Å². The van der Waals surface area contributed by atoms with Gasteiger partial charge in [-0.15, -0.1) is 0 Å². The zero-order chi connectivity index (χ0) is 17.6. The van der Waals surface area contributed by atoms with Crippen molar-refractivity contribution in [1.82, 2.24) is 4.57 Å². The van der Waals surface area contributed by atoms with Gasteiger partial charge in [0.15, 0.2) is 0 Å². The van der Waals surface area contributed by atoms with Crippen molar-refractivity contribution >= 4 is 10.9 Å². The molecule has 1 saturated heterocycles. The van der Waals surface area contributed by atoms with Crippen LogP contribution in [-0.4, -0.2) is 22.9 Å². The number of aromatic hydroxyl groups is 1. The number of aryl methyl sites for hydroxylation is 2. The number of aromatic nitrogens is 1. The van der Waals surface area contributed by atoms with Crippen LogP contribution < -0.4 is 0 Å². The highest BCUT2D eigenvalue weighted by Crippen LogP contribution is 2.39. The van der Waals surface area contributed by atoms with Crippen LogP contribution in [0.5, 0.6) is 5.75 Å². The van der Waals surface area contributed by atoms with E-state index in [4.69, 9.17) is 4.74 Å². The van der Waals surface area contributed by atoms with E-state index in [0.29, 0.717) is 11.5 Å². The largest absolute Gasteiger partial charge is 0.508 e. The molecule has 0 unspecified atom stereocenters. The lowest BCUT2D eigenvalue weighted by Gasteiger charge is -2.25. The van der Waals surface area contributed by atoms with Crippen molar-refractivity contribution in [2.24, 2.45) is 0 Å². The van der Waals surface area contributed by atoms with Crippen LogP contribution in [0.25, 0.3) is 16.6 Å². The number of nitrogens with zero attached hydrogens (tertiary/aromatic N) is 1. The quantitative estimate of drug-likeness (QED) is 0.714. The maximum atomic E-state index is 13.8. The lowest BCUT2D eigenvalue weighted by atomic mass is 9.93. The van der Waals surface area contributed by atoms with Crippen molar-refractivity contribution in [3.63, 3.8) is 0 Å². The van der Waals surface area contributed by atoms with Crippen LogP contribution >= 0.6 is 0 Å². The van der Waals surface area contributed by atoms with Gasteiger partial charge in [-0.1, -0.05) is 0 Å². The molecule has 0 aliphatic carbocycles. The van der Waals surface area contributed by atoms with Gasteiger partial charge in [-0.3, -0.25) is 0 Å². The van der Waals surface area contributed by atoms with E-state index in [1.165, 1.54) is 17.3 Å². The van der Waals surface area contributed by atoms with Crippen molar-refractivity contribution < 1.29 is 14.2 Å². The first-order valence-corrected chi connectivity index (χ1v) is 8.74. The van der Waals surface area contributed by atoms with Crippen LogP contribution in [-0.2, 0) is 4.74 Å². The summed E-state index contributed by atoms with van der Waals surface area (Å²) in [6.07, 6.45) is 1.95. The number of ether oxygens (including phenoxy) is 1. The molecule has 25 heavy (non-hydrogen) atoms. The molecule has 1 fully saturated rings. The predicted octanol–water partition coefficient (Wildman–Crippen LogP) is 4.99. The first-order chi connectivity index (χ1) is 12.1. The molecule has 2 aromatic carbocycles. The number of fused-ring (bicyclic) bond motifs is 1. The van der Waals surface area contributed by atoms with Crippen molar-refractivity contribution in [3.05, 3.63) is 59.0 Å². The zero-order valence-electron chi connectivity index (χ0n) is 14.6. The minimum atomic E-state index is -0.192. The summed E-state index contributed by atoms with van der Waals surface area (Å²) in [7, 11) is 0. The van der Waals surface area contributed by atoms with Gasteiger partial charge in [0.05, 0.1) is 5.52 Å². The lowest BCUT2D eigenvalue weighted by molar-refractivity contribution is 0.0841. The summed E-state index contributed by atoms with van der Waals surface area (Å²) < 4.78 is 21.5. The second kappa shape index (κ2) is 6.19. The Bertz CT molecular complexity index is 939. The Morgan fingerprint density at radius 2 is 1.84 bits per heavy atom. The summed E-state index contributed by atoms with van der Waals surface area (Å²) in [6.45, 7) is 5.43. The van der Waals surface area contributed by atoms with Gasteiger partial charge in [0.25, 0.3) is 0 Å². The Labute approximate surface area is 146 Å². The molecular formula is C21H22FNO2. The molecule has 2 heterocycles. The highest BCUT2D eigenvalue weighted by Gasteiger charge is 2.25. The predicted molar refractivity (Wildman–Crippen MR) is 97.2 cm³/mol. The molecule has 4 rings (SSSR count). The van der Waals surface area contributed by atoms with Gasteiger partial charge in [-0.2, -0.15) is 0 Å². The van der Waals surface area contributed by atoms with Gasteiger partial charge in [-0.25, -0.2) is 4.39 Å². The molecule has 1 aliphatic rings. The zero-order valence-corrected chi connectivity index (χ0v) is 14.6. The minimum Gasteiger partial charge on any atom is -0.508 e. The normalized spacial score (nSPS) is 15.8. The Morgan fingerprint density at radius 3 is 2.56 bits per heavy atom. The average Bonchev–Trinajstić information content (AvgIpc) is 2.90. The fraction of sp³-hybridized carbons (Fsp3) is 0.333. The second-order valence-corrected chi connectivity index (χ2v) is 6.87. The van der Waals surface area contributed by atoms with E-state index in [1.54, 1.807) is 13.0 Å². The number of halogens is 1. The van der Waals surface area contributed by atoms with Crippen LogP contribution in [0.3, 0.4) is 0 Å². The van der Waals surface area contributed by atoms with Gasteiger partial charge in [0.2, 0.25) is 0 Å². The third-order valence-electron chi connectivity index (χ3n) is 5.26. The first-order valence-electron chi connectivity index (χ1n) is 8.74. The number of phenols is 1. The fourth-order valence-electron chi connectivity index (χ4n) is 3.96. The van der Waals surface area contributed by atoms with E-state index in [1.807, 2.05) is 24.3 Å². The van der Waals surface area contributed by atoms with E-state index >= 15 is 0 Å². The Hall–Kier alpha value is -2.33. The molecule has 0 amide bonds. The molecule has 0 saturated carbocycles. The van der Waals surface area contributed by atoms with E-state index in [-0.39, 0.29) is 11.6 Å². The lowest BCUT2D eigenvalue weighted by Crippen LogP contribution is -2.17. The number of benzene rings is 2. The maximum Gasteiger partial charge on any atom is 0.126 e. The van der Waals surface area contributed by atoms with Crippen LogP contribution in [0.4, 0.5) is 4.39 Å². The topological polar surface area (TPSA) is 34.4 Å². The molecular weight excluding hydrogens is 317 g/mol. The molecule has 1 aromatic heterocycles. The molecule has 0 radical (unpaired) electrons. The van der Waals surface area contributed by atoms with Crippen LogP contribution in [0.15, 0.2) is 36.4 Å². The molecule has 3 nitrogen and oxygen atoms in total. The van der Waals surface area contributed by atoms with Crippen LogP contribution in [0, 0.1) is 19.7 Å². The summed E-state index contributed by atoms with van der Waals surface area (Å²) in [5.74, 6) is 0.470. The Balaban J connectivity index is 2.01.